The maximum absolute atomic E-state index is 5.70. The van der Waals surface area contributed by atoms with Crippen LogP contribution in [0.15, 0.2) is 18.5 Å². The van der Waals surface area contributed by atoms with Crippen LogP contribution in [0.1, 0.15) is 5.56 Å². The molecule has 0 fully saturated rings. The molecule has 1 aromatic heterocycles. The molecular formula is C10H15Cl2N3O. The summed E-state index contributed by atoms with van der Waals surface area (Å²) >= 11 is 0. The Balaban J connectivity index is 0.00000112. The molecular weight excluding hydrogens is 249 g/mol. The topological polar surface area (TPSA) is 53.1 Å². The summed E-state index contributed by atoms with van der Waals surface area (Å²) in [7, 11) is 3.60. The number of hydrogen-bond acceptors (Lipinski definition) is 3. The summed E-state index contributed by atoms with van der Waals surface area (Å²) in [4.78, 5) is 4.25. The summed E-state index contributed by atoms with van der Waals surface area (Å²) in [5.74, 6) is 0.823. The summed E-state index contributed by atoms with van der Waals surface area (Å²) in [6.07, 6.45) is 1.78. The van der Waals surface area contributed by atoms with Crippen LogP contribution in [0.3, 0.4) is 0 Å². The van der Waals surface area contributed by atoms with Crippen LogP contribution in [0.2, 0.25) is 0 Å². The minimum Gasteiger partial charge on any atom is -0.496 e. The third kappa shape index (κ3) is 2.24. The van der Waals surface area contributed by atoms with Crippen LogP contribution in [0, 0.1) is 0 Å². The molecule has 4 nitrogen and oxygen atoms in total. The highest BCUT2D eigenvalue weighted by Crippen LogP contribution is 2.26. The summed E-state index contributed by atoms with van der Waals surface area (Å²) in [5, 5.41) is 0. The van der Waals surface area contributed by atoms with Crippen molar-refractivity contribution in [2.75, 3.05) is 7.11 Å². The number of imidazole rings is 1. The van der Waals surface area contributed by atoms with E-state index in [9.17, 15) is 0 Å². The molecule has 2 rings (SSSR count). The van der Waals surface area contributed by atoms with E-state index in [1.54, 1.807) is 13.4 Å². The standard InChI is InChI=1S/C10H13N3O.2ClH/c1-13-6-12-8-3-4-9(14-2)7(5-11)10(8)13;;/h3-4,6H,5,11H2,1-2H3;2*1H. The van der Waals surface area contributed by atoms with Crippen LogP contribution in [-0.2, 0) is 13.6 Å². The zero-order chi connectivity index (χ0) is 10.1. The number of ether oxygens (including phenoxy) is 1. The number of nitrogens with zero attached hydrogens (tertiary/aromatic N) is 2. The summed E-state index contributed by atoms with van der Waals surface area (Å²) in [6.45, 7) is 0.458. The van der Waals surface area contributed by atoms with Gasteiger partial charge in [-0.3, -0.25) is 0 Å². The number of hydrogen-bond donors (Lipinski definition) is 1. The van der Waals surface area contributed by atoms with Crippen LogP contribution in [-0.4, -0.2) is 16.7 Å². The van der Waals surface area contributed by atoms with Crippen LogP contribution in [0.25, 0.3) is 11.0 Å². The van der Waals surface area contributed by atoms with Gasteiger partial charge in [-0.2, -0.15) is 0 Å². The van der Waals surface area contributed by atoms with Crippen LogP contribution in [0.5, 0.6) is 5.75 Å². The zero-order valence-corrected chi connectivity index (χ0v) is 10.8. The molecule has 0 radical (unpaired) electrons. The normalized spacial score (nSPS) is 9.44. The molecule has 0 unspecified atom stereocenters. The number of benzene rings is 1. The SMILES string of the molecule is COc1ccc2ncn(C)c2c1CN.Cl.Cl. The maximum Gasteiger partial charge on any atom is 0.125 e. The van der Waals surface area contributed by atoms with Crippen molar-refractivity contribution in [2.45, 2.75) is 6.54 Å². The lowest BCUT2D eigenvalue weighted by molar-refractivity contribution is 0.410. The molecule has 0 aliphatic rings. The Hall–Kier alpha value is -0.970. The molecule has 90 valence electrons. The van der Waals surface area contributed by atoms with Gasteiger partial charge in [-0.15, -0.1) is 24.8 Å². The number of aromatic nitrogens is 2. The fourth-order valence-corrected chi connectivity index (χ4v) is 1.70. The fraction of sp³-hybridized carbons (Fsp3) is 0.300. The highest BCUT2D eigenvalue weighted by molar-refractivity contribution is 5.85. The van der Waals surface area contributed by atoms with E-state index in [0.29, 0.717) is 6.54 Å². The lowest BCUT2D eigenvalue weighted by atomic mass is 10.1. The second-order valence-corrected chi connectivity index (χ2v) is 3.17. The minimum absolute atomic E-state index is 0. The van der Waals surface area contributed by atoms with Crippen molar-refractivity contribution in [3.8, 4) is 5.75 Å². The first kappa shape index (κ1) is 15.0. The average Bonchev–Trinajstić information content (AvgIpc) is 2.59. The van der Waals surface area contributed by atoms with E-state index in [-0.39, 0.29) is 24.8 Å². The van der Waals surface area contributed by atoms with Gasteiger partial charge in [0.2, 0.25) is 0 Å². The molecule has 0 aliphatic heterocycles. The molecule has 0 aliphatic carbocycles. The van der Waals surface area contributed by atoms with E-state index in [1.807, 2.05) is 23.7 Å². The Labute approximate surface area is 107 Å². The molecule has 0 atom stereocenters. The fourth-order valence-electron chi connectivity index (χ4n) is 1.70. The predicted molar refractivity (Wildman–Crippen MR) is 69.7 cm³/mol. The molecule has 1 heterocycles. The Kier molecular flexibility index (Phi) is 5.58. The quantitative estimate of drug-likeness (QED) is 0.901. The molecule has 0 spiro atoms. The van der Waals surface area contributed by atoms with Gasteiger partial charge < -0.3 is 15.0 Å². The molecule has 2 N–H and O–H groups in total. The molecule has 16 heavy (non-hydrogen) atoms. The third-order valence-electron chi connectivity index (χ3n) is 2.37. The van der Waals surface area contributed by atoms with E-state index >= 15 is 0 Å². The number of aryl methyl sites for hydroxylation is 1. The van der Waals surface area contributed by atoms with Crippen molar-refractivity contribution in [3.63, 3.8) is 0 Å². The first-order valence-corrected chi connectivity index (χ1v) is 4.45. The largest absolute Gasteiger partial charge is 0.496 e. The lowest BCUT2D eigenvalue weighted by Crippen LogP contribution is -2.02. The second-order valence-electron chi connectivity index (χ2n) is 3.17. The molecule has 0 bridgehead atoms. The number of fused-ring (bicyclic) bond motifs is 1. The van der Waals surface area contributed by atoms with Gasteiger partial charge in [0, 0.05) is 19.2 Å². The molecule has 0 saturated carbocycles. The van der Waals surface area contributed by atoms with Gasteiger partial charge in [0.25, 0.3) is 0 Å². The molecule has 0 saturated heterocycles. The number of halogens is 2. The van der Waals surface area contributed by atoms with Crippen LogP contribution in [0.4, 0.5) is 0 Å². The van der Waals surface area contributed by atoms with Crippen molar-refractivity contribution in [1.29, 1.82) is 0 Å². The number of nitrogens with two attached hydrogens (primary N) is 1. The van der Waals surface area contributed by atoms with Gasteiger partial charge >= 0.3 is 0 Å². The molecule has 6 heteroatoms. The van der Waals surface area contributed by atoms with Crippen molar-refractivity contribution in [2.24, 2.45) is 12.8 Å². The highest BCUT2D eigenvalue weighted by Gasteiger charge is 2.09. The summed E-state index contributed by atoms with van der Waals surface area (Å²) < 4.78 is 7.21. The predicted octanol–water partition coefficient (Wildman–Crippen LogP) is 1.88. The van der Waals surface area contributed by atoms with E-state index in [4.69, 9.17) is 10.5 Å². The van der Waals surface area contributed by atoms with Gasteiger partial charge in [-0.25, -0.2) is 4.98 Å². The van der Waals surface area contributed by atoms with Gasteiger partial charge in [-0.1, -0.05) is 0 Å². The second kappa shape index (κ2) is 5.94. The minimum atomic E-state index is 0. The Morgan fingerprint density at radius 3 is 2.62 bits per heavy atom. The first-order valence-electron chi connectivity index (χ1n) is 4.45. The van der Waals surface area contributed by atoms with Gasteiger partial charge in [-0.05, 0) is 12.1 Å². The van der Waals surface area contributed by atoms with E-state index in [1.165, 1.54) is 0 Å². The van der Waals surface area contributed by atoms with E-state index in [2.05, 4.69) is 4.98 Å². The first-order chi connectivity index (χ1) is 6.77. The smallest absolute Gasteiger partial charge is 0.125 e. The number of rotatable bonds is 2. The molecule has 0 amide bonds. The van der Waals surface area contributed by atoms with E-state index in [0.717, 1.165) is 22.3 Å². The number of methoxy groups -OCH3 is 1. The van der Waals surface area contributed by atoms with Gasteiger partial charge in [0.1, 0.15) is 5.75 Å². The lowest BCUT2D eigenvalue weighted by Gasteiger charge is -2.08. The highest BCUT2D eigenvalue weighted by atomic mass is 35.5. The Morgan fingerprint density at radius 2 is 2.06 bits per heavy atom. The van der Waals surface area contributed by atoms with Crippen LogP contribution < -0.4 is 10.5 Å². The summed E-state index contributed by atoms with van der Waals surface area (Å²) in [6, 6.07) is 3.84. The molecule has 2 aromatic rings. The van der Waals surface area contributed by atoms with Gasteiger partial charge in [0.05, 0.1) is 24.5 Å². The monoisotopic (exact) mass is 263 g/mol. The summed E-state index contributed by atoms with van der Waals surface area (Å²) in [5.41, 5.74) is 8.70. The maximum atomic E-state index is 5.70. The zero-order valence-electron chi connectivity index (χ0n) is 9.14. The van der Waals surface area contributed by atoms with Crippen molar-refractivity contribution in [3.05, 3.63) is 24.0 Å². The Morgan fingerprint density at radius 1 is 1.38 bits per heavy atom. The Bertz CT molecular complexity index is 470. The van der Waals surface area contributed by atoms with Crippen molar-refractivity contribution < 1.29 is 4.74 Å². The van der Waals surface area contributed by atoms with Crippen LogP contribution >= 0.6 is 24.8 Å². The van der Waals surface area contributed by atoms with Crippen molar-refractivity contribution >= 4 is 35.8 Å². The van der Waals surface area contributed by atoms with Gasteiger partial charge in [0.15, 0.2) is 0 Å². The average molecular weight is 264 g/mol. The van der Waals surface area contributed by atoms with E-state index < -0.39 is 0 Å². The van der Waals surface area contributed by atoms with Crippen molar-refractivity contribution in [1.82, 2.24) is 9.55 Å². The third-order valence-corrected chi connectivity index (χ3v) is 2.37. The molecule has 1 aromatic carbocycles.